The fourth-order valence-corrected chi connectivity index (χ4v) is 2.26. The Morgan fingerprint density at radius 2 is 2.25 bits per heavy atom. The minimum atomic E-state index is -0.181. The van der Waals surface area contributed by atoms with E-state index in [1.165, 1.54) is 0 Å². The quantitative estimate of drug-likeness (QED) is 0.837. The van der Waals surface area contributed by atoms with E-state index in [-0.39, 0.29) is 25.0 Å². The van der Waals surface area contributed by atoms with Crippen molar-refractivity contribution in [3.8, 4) is 0 Å². The summed E-state index contributed by atoms with van der Waals surface area (Å²) in [5.41, 5.74) is 1.56. The predicted molar refractivity (Wildman–Crippen MR) is 77.4 cm³/mol. The Balaban J connectivity index is 1.96. The first-order chi connectivity index (χ1) is 9.58. The van der Waals surface area contributed by atoms with Crippen LogP contribution in [0.1, 0.15) is 26.0 Å². The lowest BCUT2D eigenvalue weighted by Crippen LogP contribution is -2.39. The van der Waals surface area contributed by atoms with Crippen LogP contribution in [0.5, 0.6) is 0 Å². The molecule has 0 spiro atoms. The van der Waals surface area contributed by atoms with Crippen molar-refractivity contribution in [2.45, 2.75) is 32.7 Å². The summed E-state index contributed by atoms with van der Waals surface area (Å²) < 4.78 is 1.89. The van der Waals surface area contributed by atoms with Crippen LogP contribution >= 0.6 is 0 Å². The van der Waals surface area contributed by atoms with Gasteiger partial charge in [0.2, 0.25) is 5.91 Å². The van der Waals surface area contributed by atoms with Crippen LogP contribution < -0.4 is 5.32 Å². The fraction of sp³-hybridized carbons (Fsp3) is 0.467. The van der Waals surface area contributed by atoms with Gasteiger partial charge in [-0.25, -0.2) is 4.98 Å². The van der Waals surface area contributed by atoms with Gasteiger partial charge in [0.15, 0.2) is 0 Å². The Hall–Kier alpha value is -1.88. The molecule has 2 aromatic heterocycles. The van der Waals surface area contributed by atoms with Gasteiger partial charge in [0.25, 0.3) is 0 Å². The number of rotatable bonds is 6. The van der Waals surface area contributed by atoms with E-state index < -0.39 is 0 Å². The van der Waals surface area contributed by atoms with Crippen molar-refractivity contribution >= 4 is 11.6 Å². The maximum absolute atomic E-state index is 12.0. The number of carbonyl (C=O) groups is 1. The van der Waals surface area contributed by atoms with Crippen LogP contribution in [0.15, 0.2) is 30.6 Å². The van der Waals surface area contributed by atoms with Gasteiger partial charge in [-0.1, -0.05) is 19.9 Å². The van der Waals surface area contributed by atoms with E-state index in [0.717, 1.165) is 17.8 Å². The van der Waals surface area contributed by atoms with Gasteiger partial charge >= 0.3 is 0 Å². The molecule has 0 bridgehead atoms. The number of amides is 1. The second-order valence-electron chi connectivity index (χ2n) is 5.45. The Bertz CT molecular complexity index is 544. The molecule has 0 aromatic carbocycles. The third kappa shape index (κ3) is 3.81. The summed E-state index contributed by atoms with van der Waals surface area (Å²) in [6.45, 7) is 4.10. The number of hydrogen-bond acceptors (Lipinski definition) is 3. The minimum absolute atomic E-state index is 0.0327. The van der Waals surface area contributed by atoms with E-state index in [1.807, 2.05) is 35.0 Å². The number of nitrogens with zero attached hydrogens (tertiary/aromatic N) is 2. The first-order valence-corrected chi connectivity index (χ1v) is 6.91. The average molecular weight is 275 g/mol. The zero-order chi connectivity index (χ0) is 14.5. The third-order valence-electron chi connectivity index (χ3n) is 3.10. The van der Waals surface area contributed by atoms with Crippen molar-refractivity contribution < 1.29 is 9.90 Å². The Morgan fingerprint density at radius 3 is 2.90 bits per heavy atom. The fourth-order valence-electron chi connectivity index (χ4n) is 2.26. The zero-order valence-electron chi connectivity index (χ0n) is 11.9. The summed E-state index contributed by atoms with van der Waals surface area (Å²) in [5.74, 6) is 0.329. The molecular weight excluding hydrogens is 254 g/mol. The standard InChI is InChI=1S/C15H21N3O2/c1-11(2)7-13(10-19)17-15(20)8-12-9-18-6-4-3-5-14(18)16-12/h3-6,9,11,13,19H,7-8,10H2,1-2H3,(H,17,20). The molecule has 0 aliphatic rings. The van der Waals surface area contributed by atoms with E-state index in [4.69, 9.17) is 0 Å². The molecule has 108 valence electrons. The topological polar surface area (TPSA) is 66.6 Å². The highest BCUT2D eigenvalue weighted by atomic mass is 16.3. The van der Waals surface area contributed by atoms with Crippen molar-refractivity contribution in [2.75, 3.05) is 6.61 Å². The summed E-state index contributed by atoms with van der Waals surface area (Å²) in [4.78, 5) is 16.4. The molecule has 2 N–H and O–H groups in total. The number of aliphatic hydroxyl groups excluding tert-OH is 1. The van der Waals surface area contributed by atoms with Crippen molar-refractivity contribution in [3.05, 3.63) is 36.3 Å². The average Bonchev–Trinajstić information content (AvgIpc) is 2.79. The Labute approximate surface area is 118 Å². The molecule has 0 fully saturated rings. The molecule has 5 heteroatoms. The van der Waals surface area contributed by atoms with Crippen LogP contribution in [-0.2, 0) is 11.2 Å². The molecule has 2 aromatic rings. The Kier molecular flexibility index (Phi) is 4.74. The number of fused-ring (bicyclic) bond motifs is 1. The number of aromatic nitrogens is 2. The number of carbonyl (C=O) groups excluding carboxylic acids is 1. The van der Waals surface area contributed by atoms with Gasteiger partial charge in [-0.05, 0) is 24.5 Å². The normalized spacial score (nSPS) is 12.8. The van der Waals surface area contributed by atoms with Crippen LogP contribution in [0.4, 0.5) is 0 Å². The number of nitrogens with one attached hydrogen (secondary N) is 1. The Morgan fingerprint density at radius 1 is 1.45 bits per heavy atom. The second kappa shape index (κ2) is 6.52. The molecule has 0 saturated heterocycles. The van der Waals surface area contributed by atoms with Crippen molar-refractivity contribution in [1.82, 2.24) is 14.7 Å². The molecule has 2 rings (SSSR count). The number of pyridine rings is 1. The van der Waals surface area contributed by atoms with Gasteiger partial charge in [-0.3, -0.25) is 4.79 Å². The van der Waals surface area contributed by atoms with Gasteiger partial charge in [0.1, 0.15) is 5.65 Å². The van der Waals surface area contributed by atoms with E-state index in [1.54, 1.807) is 0 Å². The van der Waals surface area contributed by atoms with Gasteiger partial charge in [-0.2, -0.15) is 0 Å². The molecular formula is C15H21N3O2. The summed E-state index contributed by atoms with van der Waals surface area (Å²) in [5, 5.41) is 12.1. The number of hydrogen-bond donors (Lipinski definition) is 2. The van der Waals surface area contributed by atoms with E-state index in [9.17, 15) is 9.90 Å². The smallest absolute Gasteiger partial charge is 0.226 e. The van der Waals surface area contributed by atoms with Gasteiger partial charge in [0.05, 0.1) is 24.8 Å². The van der Waals surface area contributed by atoms with Gasteiger partial charge in [-0.15, -0.1) is 0 Å². The largest absolute Gasteiger partial charge is 0.394 e. The molecule has 1 amide bonds. The summed E-state index contributed by atoms with van der Waals surface area (Å²) >= 11 is 0. The lowest BCUT2D eigenvalue weighted by Gasteiger charge is -2.17. The highest BCUT2D eigenvalue weighted by molar-refractivity contribution is 5.78. The van der Waals surface area contributed by atoms with Crippen LogP contribution in [0.2, 0.25) is 0 Å². The SMILES string of the molecule is CC(C)CC(CO)NC(=O)Cc1cn2ccccc2n1. The van der Waals surface area contributed by atoms with E-state index in [0.29, 0.717) is 5.92 Å². The first-order valence-electron chi connectivity index (χ1n) is 6.91. The maximum Gasteiger partial charge on any atom is 0.226 e. The molecule has 0 saturated carbocycles. The highest BCUT2D eigenvalue weighted by Crippen LogP contribution is 2.07. The minimum Gasteiger partial charge on any atom is -0.394 e. The van der Waals surface area contributed by atoms with Gasteiger partial charge in [0, 0.05) is 12.4 Å². The summed E-state index contributed by atoms with van der Waals surface area (Å²) in [6.07, 6.45) is 4.76. The molecule has 0 aliphatic carbocycles. The maximum atomic E-state index is 12.0. The third-order valence-corrected chi connectivity index (χ3v) is 3.10. The molecule has 1 atom stereocenters. The second-order valence-corrected chi connectivity index (χ2v) is 5.45. The summed E-state index contributed by atoms with van der Waals surface area (Å²) in [7, 11) is 0. The molecule has 5 nitrogen and oxygen atoms in total. The van der Waals surface area contributed by atoms with Crippen LogP contribution in [0, 0.1) is 5.92 Å². The lowest BCUT2D eigenvalue weighted by atomic mass is 10.0. The lowest BCUT2D eigenvalue weighted by molar-refractivity contribution is -0.121. The molecule has 0 radical (unpaired) electrons. The van der Waals surface area contributed by atoms with E-state index in [2.05, 4.69) is 24.1 Å². The monoisotopic (exact) mass is 275 g/mol. The number of imidazole rings is 1. The summed E-state index contributed by atoms with van der Waals surface area (Å²) in [6, 6.07) is 5.55. The van der Waals surface area contributed by atoms with Gasteiger partial charge < -0.3 is 14.8 Å². The predicted octanol–water partition coefficient (Wildman–Crippen LogP) is 1.40. The zero-order valence-corrected chi connectivity index (χ0v) is 11.9. The molecule has 1 unspecified atom stereocenters. The molecule has 2 heterocycles. The van der Waals surface area contributed by atoms with E-state index >= 15 is 0 Å². The first kappa shape index (κ1) is 14.5. The number of aliphatic hydroxyl groups is 1. The molecule has 0 aliphatic heterocycles. The van der Waals surface area contributed by atoms with Crippen LogP contribution in [-0.4, -0.2) is 33.0 Å². The van der Waals surface area contributed by atoms with Crippen LogP contribution in [0.25, 0.3) is 5.65 Å². The van der Waals surface area contributed by atoms with Crippen LogP contribution in [0.3, 0.4) is 0 Å². The van der Waals surface area contributed by atoms with Crippen molar-refractivity contribution in [3.63, 3.8) is 0 Å². The highest BCUT2D eigenvalue weighted by Gasteiger charge is 2.14. The van der Waals surface area contributed by atoms with Crippen molar-refractivity contribution in [1.29, 1.82) is 0 Å². The molecule has 20 heavy (non-hydrogen) atoms. The van der Waals surface area contributed by atoms with Crippen molar-refractivity contribution in [2.24, 2.45) is 5.92 Å².